The molecule has 0 aliphatic carbocycles. The number of aryl methyl sites for hydroxylation is 2. The highest BCUT2D eigenvalue weighted by Gasteiger charge is 2.15. The lowest BCUT2D eigenvalue weighted by atomic mass is 10.1. The van der Waals surface area contributed by atoms with Crippen molar-refractivity contribution in [2.45, 2.75) is 51.5 Å². The van der Waals surface area contributed by atoms with E-state index in [0.717, 1.165) is 31.0 Å². The van der Waals surface area contributed by atoms with Crippen LogP contribution < -0.4 is 5.32 Å². The summed E-state index contributed by atoms with van der Waals surface area (Å²) < 4.78 is 1.91. The van der Waals surface area contributed by atoms with Crippen LogP contribution in [-0.2, 0) is 19.9 Å². The zero-order valence-electron chi connectivity index (χ0n) is 10.4. The van der Waals surface area contributed by atoms with Crippen LogP contribution in [0.1, 0.15) is 44.3 Å². The summed E-state index contributed by atoms with van der Waals surface area (Å²) in [5, 5.41) is 8.06. The van der Waals surface area contributed by atoms with Gasteiger partial charge in [-0.1, -0.05) is 19.8 Å². The molecule has 2 rings (SSSR count). The second kappa shape index (κ2) is 5.43. The van der Waals surface area contributed by atoms with Gasteiger partial charge in [-0.25, -0.2) is 4.98 Å². The predicted octanol–water partition coefficient (Wildman–Crippen LogP) is 1.45. The Labute approximate surface area is 97.5 Å². The number of rotatable bonds is 3. The largest absolute Gasteiger partial charge is 0.314 e. The molecule has 16 heavy (non-hydrogen) atoms. The normalized spacial score (nSPS) is 22.0. The number of hydrogen-bond donors (Lipinski definition) is 1. The second-order valence-electron chi connectivity index (χ2n) is 4.63. The molecule has 4 heteroatoms. The van der Waals surface area contributed by atoms with E-state index in [-0.39, 0.29) is 0 Å². The third kappa shape index (κ3) is 2.82. The summed E-state index contributed by atoms with van der Waals surface area (Å²) in [6.45, 7) is 3.27. The first-order valence-corrected chi connectivity index (χ1v) is 6.41. The summed E-state index contributed by atoms with van der Waals surface area (Å²) in [5.74, 6) is 2.09. The van der Waals surface area contributed by atoms with Crippen molar-refractivity contribution in [1.82, 2.24) is 20.1 Å². The lowest BCUT2D eigenvalue weighted by Gasteiger charge is -2.12. The smallest absolute Gasteiger partial charge is 0.152 e. The SMILES string of the molecule is CCc1nc(CC2CCCCCN2)nn1C. The lowest BCUT2D eigenvalue weighted by Crippen LogP contribution is -2.30. The highest BCUT2D eigenvalue weighted by molar-refractivity contribution is 4.95. The highest BCUT2D eigenvalue weighted by Crippen LogP contribution is 2.11. The molecule has 90 valence electrons. The molecular weight excluding hydrogens is 200 g/mol. The molecule has 1 N–H and O–H groups in total. The van der Waals surface area contributed by atoms with E-state index in [9.17, 15) is 0 Å². The van der Waals surface area contributed by atoms with Crippen molar-refractivity contribution in [1.29, 1.82) is 0 Å². The van der Waals surface area contributed by atoms with Crippen LogP contribution in [0.4, 0.5) is 0 Å². The molecule has 1 saturated heterocycles. The molecule has 0 amide bonds. The third-order valence-electron chi connectivity index (χ3n) is 3.30. The first-order valence-electron chi connectivity index (χ1n) is 6.41. The van der Waals surface area contributed by atoms with E-state index in [1.54, 1.807) is 0 Å². The molecule has 0 aromatic carbocycles. The number of nitrogens with zero attached hydrogens (tertiary/aromatic N) is 3. The van der Waals surface area contributed by atoms with Crippen molar-refractivity contribution in [3.05, 3.63) is 11.6 Å². The Balaban J connectivity index is 1.96. The van der Waals surface area contributed by atoms with Crippen molar-refractivity contribution in [2.24, 2.45) is 7.05 Å². The highest BCUT2D eigenvalue weighted by atomic mass is 15.3. The molecule has 1 aromatic rings. The Bertz CT molecular complexity index is 324. The minimum atomic E-state index is 0.578. The van der Waals surface area contributed by atoms with E-state index >= 15 is 0 Å². The van der Waals surface area contributed by atoms with Crippen LogP contribution >= 0.6 is 0 Å². The standard InChI is InChI=1S/C12H22N4/c1-3-12-14-11(15-16(12)2)9-10-7-5-4-6-8-13-10/h10,13H,3-9H2,1-2H3. The molecule has 1 atom stereocenters. The summed E-state index contributed by atoms with van der Waals surface area (Å²) in [6, 6.07) is 0.578. The fraction of sp³-hybridized carbons (Fsp3) is 0.833. The topological polar surface area (TPSA) is 42.7 Å². The van der Waals surface area contributed by atoms with Gasteiger partial charge in [-0.05, 0) is 19.4 Å². The number of hydrogen-bond acceptors (Lipinski definition) is 3. The molecule has 0 radical (unpaired) electrons. The maximum absolute atomic E-state index is 4.56. The van der Waals surface area contributed by atoms with Crippen molar-refractivity contribution in [3.8, 4) is 0 Å². The summed E-state index contributed by atoms with van der Waals surface area (Å²) in [7, 11) is 1.98. The molecule has 1 aliphatic rings. The van der Waals surface area contributed by atoms with E-state index in [4.69, 9.17) is 0 Å². The van der Waals surface area contributed by atoms with Gasteiger partial charge in [0.2, 0.25) is 0 Å². The van der Waals surface area contributed by atoms with Crippen molar-refractivity contribution in [3.63, 3.8) is 0 Å². The van der Waals surface area contributed by atoms with Crippen molar-refractivity contribution in [2.75, 3.05) is 6.54 Å². The third-order valence-corrected chi connectivity index (χ3v) is 3.30. The Morgan fingerprint density at radius 2 is 2.25 bits per heavy atom. The van der Waals surface area contributed by atoms with Crippen molar-refractivity contribution >= 4 is 0 Å². The van der Waals surface area contributed by atoms with Gasteiger partial charge in [-0.2, -0.15) is 5.10 Å². The van der Waals surface area contributed by atoms with Crippen LogP contribution in [0.25, 0.3) is 0 Å². The Hall–Kier alpha value is -0.900. The molecular formula is C12H22N4. The van der Waals surface area contributed by atoms with Gasteiger partial charge in [0.05, 0.1) is 0 Å². The second-order valence-corrected chi connectivity index (χ2v) is 4.63. The van der Waals surface area contributed by atoms with Gasteiger partial charge in [0.1, 0.15) is 5.82 Å². The number of aromatic nitrogens is 3. The molecule has 0 spiro atoms. The van der Waals surface area contributed by atoms with Crippen LogP contribution in [0.15, 0.2) is 0 Å². The summed E-state index contributed by atoms with van der Waals surface area (Å²) in [4.78, 5) is 4.56. The van der Waals surface area contributed by atoms with Gasteiger partial charge in [-0.15, -0.1) is 0 Å². The maximum atomic E-state index is 4.56. The van der Waals surface area contributed by atoms with Crippen LogP contribution in [0.2, 0.25) is 0 Å². The summed E-state index contributed by atoms with van der Waals surface area (Å²) in [5.41, 5.74) is 0. The Morgan fingerprint density at radius 3 is 3.00 bits per heavy atom. The fourth-order valence-corrected chi connectivity index (χ4v) is 2.36. The average molecular weight is 222 g/mol. The van der Waals surface area contributed by atoms with Gasteiger partial charge in [0.15, 0.2) is 5.82 Å². The predicted molar refractivity (Wildman–Crippen MR) is 64.3 cm³/mol. The first-order chi connectivity index (χ1) is 7.79. The minimum Gasteiger partial charge on any atom is -0.314 e. The van der Waals surface area contributed by atoms with Gasteiger partial charge in [-0.3, -0.25) is 4.68 Å². The van der Waals surface area contributed by atoms with Crippen LogP contribution in [-0.4, -0.2) is 27.4 Å². The fourth-order valence-electron chi connectivity index (χ4n) is 2.36. The Kier molecular flexibility index (Phi) is 3.93. The quantitative estimate of drug-likeness (QED) is 0.842. The average Bonchev–Trinajstić information content (AvgIpc) is 2.50. The van der Waals surface area contributed by atoms with Crippen molar-refractivity contribution < 1.29 is 0 Å². The van der Waals surface area contributed by atoms with E-state index < -0.39 is 0 Å². The molecule has 0 saturated carbocycles. The van der Waals surface area contributed by atoms with Crippen LogP contribution in [0.3, 0.4) is 0 Å². The van der Waals surface area contributed by atoms with E-state index in [0.29, 0.717) is 6.04 Å². The molecule has 1 aromatic heterocycles. The maximum Gasteiger partial charge on any atom is 0.152 e. The van der Waals surface area contributed by atoms with E-state index in [1.807, 2.05) is 11.7 Å². The summed E-state index contributed by atoms with van der Waals surface area (Å²) in [6.07, 6.45) is 7.21. The summed E-state index contributed by atoms with van der Waals surface area (Å²) >= 11 is 0. The molecule has 1 aliphatic heterocycles. The lowest BCUT2D eigenvalue weighted by molar-refractivity contribution is 0.496. The van der Waals surface area contributed by atoms with Crippen LogP contribution in [0, 0.1) is 0 Å². The van der Waals surface area contributed by atoms with Gasteiger partial charge >= 0.3 is 0 Å². The molecule has 0 bridgehead atoms. The minimum absolute atomic E-state index is 0.578. The Morgan fingerprint density at radius 1 is 1.38 bits per heavy atom. The molecule has 1 fully saturated rings. The molecule has 2 heterocycles. The molecule has 4 nitrogen and oxygen atoms in total. The van der Waals surface area contributed by atoms with Gasteiger partial charge in [0, 0.05) is 25.9 Å². The van der Waals surface area contributed by atoms with Gasteiger partial charge in [0.25, 0.3) is 0 Å². The monoisotopic (exact) mass is 222 g/mol. The van der Waals surface area contributed by atoms with Crippen LogP contribution in [0.5, 0.6) is 0 Å². The van der Waals surface area contributed by atoms with E-state index in [2.05, 4.69) is 22.3 Å². The van der Waals surface area contributed by atoms with E-state index in [1.165, 1.54) is 25.7 Å². The molecule has 1 unspecified atom stereocenters. The zero-order valence-corrected chi connectivity index (χ0v) is 10.4. The van der Waals surface area contributed by atoms with Gasteiger partial charge < -0.3 is 5.32 Å². The number of nitrogens with one attached hydrogen (secondary N) is 1. The zero-order chi connectivity index (χ0) is 11.4. The first kappa shape index (κ1) is 11.6.